The lowest BCUT2D eigenvalue weighted by Crippen LogP contribution is -2.50. The summed E-state index contributed by atoms with van der Waals surface area (Å²) < 4.78 is 0. The molecule has 2 aliphatic heterocycles. The van der Waals surface area contributed by atoms with Gasteiger partial charge in [0.25, 0.3) is 0 Å². The third-order valence-corrected chi connectivity index (χ3v) is 2.99. The molecule has 4 nitrogen and oxygen atoms in total. The predicted octanol–water partition coefficient (Wildman–Crippen LogP) is 0.278. The van der Waals surface area contributed by atoms with Gasteiger partial charge in [-0.25, -0.2) is 0 Å². The number of rotatable bonds is 1. The summed E-state index contributed by atoms with van der Waals surface area (Å²) in [4.78, 5) is 24.7. The van der Waals surface area contributed by atoms with Crippen LogP contribution in [-0.4, -0.2) is 35.8 Å². The summed E-state index contributed by atoms with van der Waals surface area (Å²) in [5.74, 6) is 0.0706. The third kappa shape index (κ3) is 1.80. The van der Waals surface area contributed by atoms with Gasteiger partial charge in [0.1, 0.15) is 0 Å². The van der Waals surface area contributed by atoms with E-state index in [4.69, 9.17) is 0 Å². The number of imide groups is 1. The van der Waals surface area contributed by atoms with Gasteiger partial charge < -0.3 is 5.32 Å². The molecule has 0 radical (unpaired) electrons. The van der Waals surface area contributed by atoms with E-state index in [1.54, 1.807) is 0 Å². The van der Waals surface area contributed by atoms with Gasteiger partial charge >= 0.3 is 0 Å². The Labute approximate surface area is 83.6 Å². The zero-order valence-corrected chi connectivity index (χ0v) is 8.29. The highest BCUT2D eigenvalue weighted by Crippen LogP contribution is 2.20. The van der Waals surface area contributed by atoms with Gasteiger partial charge in [-0.05, 0) is 32.4 Å². The minimum atomic E-state index is 0.0353. The van der Waals surface area contributed by atoms with Gasteiger partial charge in [0.2, 0.25) is 11.8 Å². The summed E-state index contributed by atoms with van der Waals surface area (Å²) in [5, 5.41) is 3.23. The molecule has 2 amide bonds. The van der Waals surface area contributed by atoms with Crippen LogP contribution >= 0.6 is 0 Å². The monoisotopic (exact) mass is 196 g/mol. The lowest BCUT2D eigenvalue weighted by molar-refractivity contribution is -0.151. The zero-order valence-electron chi connectivity index (χ0n) is 8.29. The molecule has 78 valence electrons. The van der Waals surface area contributed by atoms with Gasteiger partial charge in [0.15, 0.2) is 0 Å². The largest absolute Gasteiger partial charge is 0.317 e. The van der Waals surface area contributed by atoms with E-state index in [0.717, 1.165) is 32.4 Å². The average Bonchev–Trinajstić information content (AvgIpc) is 2.19. The Morgan fingerprint density at radius 2 is 1.64 bits per heavy atom. The van der Waals surface area contributed by atoms with Crippen molar-refractivity contribution < 1.29 is 9.59 Å². The first-order valence-electron chi connectivity index (χ1n) is 5.34. The number of carbonyl (C=O) groups excluding carboxylic acids is 2. The van der Waals surface area contributed by atoms with Crippen LogP contribution < -0.4 is 5.32 Å². The van der Waals surface area contributed by atoms with Gasteiger partial charge in [0, 0.05) is 18.9 Å². The molecule has 2 aliphatic rings. The van der Waals surface area contributed by atoms with Crippen LogP contribution in [0.5, 0.6) is 0 Å². The summed E-state index contributed by atoms with van der Waals surface area (Å²) in [6.07, 6.45) is 3.67. The second-order valence-electron chi connectivity index (χ2n) is 3.99. The van der Waals surface area contributed by atoms with Gasteiger partial charge in [-0.3, -0.25) is 14.5 Å². The van der Waals surface area contributed by atoms with E-state index in [2.05, 4.69) is 5.32 Å². The quantitative estimate of drug-likeness (QED) is 0.613. The number of hydrogen-bond donors (Lipinski definition) is 1. The van der Waals surface area contributed by atoms with Crippen molar-refractivity contribution >= 4 is 11.8 Å². The van der Waals surface area contributed by atoms with Gasteiger partial charge in [-0.2, -0.15) is 0 Å². The summed E-state index contributed by atoms with van der Waals surface area (Å²) in [6, 6.07) is 0.163. The van der Waals surface area contributed by atoms with Gasteiger partial charge in [-0.15, -0.1) is 0 Å². The Bertz CT molecular complexity index is 231. The number of piperidine rings is 2. The highest BCUT2D eigenvalue weighted by atomic mass is 16.2. The molecule has 0 aromatic rings. The molecule has 0 aromatic heterocycles. The van der Waals surface area contributed by atoms with E-state index in [0.29, 0.717) is 12.8 Å². The van der Waals surface area contributed by atoms with Crippen molar-refractivity contribution in [3.63, 3.8) is 0 Å². The molecule has 0 saturated carbocycles. The highest BCUT2D eigenvalue weighted by Gasteiger charge is 2.32. The summed E-state index contributed by atoms with van der Waals surface area (Å²) in [5.41, 5.74) is 0. The lowest BCUT2D eigenvalue weighted by atomic mass is 10.0. The molecular weight excluding hydrogens is 180 g/mol. The molecule has 0 aliphatic carbocycles. The topological polar surface area (TPSA) is 49.4 Å². The van der Waals surface area contributed by atoms with E-state index in [1.807, 2.05) is 0 Å². The molecule has 2 rings (SSSR count). The SMILES string of the molecule is O=C1CCCC(=O)N1C1CCNCC1. The van der Waals surface area contributed by atoms with Gasteiger partial charge in [-0.1, -0.05) is 0 Å². The number of nitrogens with zero attached hydrogens (tertiary/aromatic N) is 1. The molecule has 0 spiro atoms. The van der Waals surface area contributed by atoms with E-state index in [-0.39, 0.29) is 17.9 Å². The number of amides is 2. The first-order chi connectivity index (χ1) is 6.79. The number of carbonyl (C=O) groups is 2. The third-order valence-electron chi connectivity index (χ3n) is 2.99. The minimum absolute atomic E-state index is 0.0353. The molecule has 2 saturated heterocycles. The summed E-state index contributed by atoms with van der Waals surface area (Å²) >= 11 is 0. The lowest BCUT2D eigenvalue weighted by Gasteiger charge is -2.35. The molecule has 0 aromatic carbocycles. The standard InChI is InChI=1S/C10H16N2O2/c13-9-2-1-3-10(14)12(9)8-4-6-11-7-5-8/h8,11H,1-7H2. The Kier molecular flexibility index (Phi) is 2.82. The van der Waals surface area contributed by atoms with E-state index < -0.39 is 0 Å². The highest BCUT2D eigenvalue weighted by molar-refractivity contribution is 5.97. The fourth-order valence-corrected chi connectivity index (χ4v) is 2.24. The Hall–Kier alpha value is -0.900. The van der Waals surface area contributed by atoms with Crippen molar-refractivity contribution in [1.29, 1.82) is 0 Å². The summed E-state index contributed by atoms with van der Waals surface area (Å²) in [7, 11) is 0. The fourth-order valence-electron chi connectivity index (χ4n) is 2.24. The van der Waals surface area contributed by atoms with E-state index in [1.165, 1.54) is 4.90 Å². The predicted molar refractivity (Wildman–Crippen MR) is 51.6 cm³/mol. The second-order valence-corrected chi connectivity index (χ2v) is 3.99. The van der Waals surface area contributed by atoms with Crippen LogP contribution in [0.3, 0.4) is 0 Å². The van der Waals surface area contributed by atoms with E-state index in [9.17, 15) is 9.59 Å². The van der Waals surface area contributed by atoms with Crippen molar-refractivity contribution in [2.24, 2.45) is 0 Å². The molecule has 1 N–H and O–H groups in total. The number of likely N-dealkylation sites (tertiary alicyclic amines) is 1. The van der Waals surface area contributed by atoms with Crippen molar-refractivity contribution in [1.82, 2.24) is 10.2 Å². The maximum atomic E-state index is 11.6. The smallest absolute Gasteiger partial charge is 0.229 e. The molecular formula is C10H16N2O2. The number of hydrogen-bond acceptors (Lipinski definition) is 3. The van der Waals surface area contributed by atoms with E-state index >= 15 is 0 Å². The Morgan fingerprint density at radius 1 is 1.07 bits per heavy atom. The normalized spacial score (nSPS) is 25.6. The van der Waals surface area contributed by atoms with Crippen molar-refractivity contribution in [2.75, 3.05) is 13.1 Å². The molecule has 4 heteroatoms. The van der Waals surface area contributed by atoms with Crippen molar-refractivity contribution in [3.8, 4) is 0 Å². The van der Waals surface area contributed by atoms with Crippen LogP contribution in [-0.2, 0) is 9.59 Å². The van der Waals surface area contributed by atoms with Crippen LogP contribution in [0.4, 0.5) is 0 Å². The van der Waals surface area contributed by atoms with Gasteiger partial charge in [0.05, 0.1) is 0 Å². The van der Waals surface area contributed by atoms with Crippen LogP contribution in [0.15, 0.2) is 0 Å². The molecule has 2 fully saturated rings. The summed E-state index contributed by atoms with van der Waals surface area (Å²) in [6.45, 7) is 1.84. The molecule has 2 heterocycles. The van der Waals surface area contributed by atoms with Crippen LogP contribution in [0.2, 0.25) is 0 Å². The number of nitrogens with one attached hydrogen (secondary N) is 1. The Morgan fingerprint density at radius 3 is 2.21 bits per heavy atom. The molecule has 0 atom stereocenters. The Balaban J connectivity index is 2.05. The van der Waals surface area contributed by atoms with Crippen LogP contribution in [0.1, 0.15) is 32.1 Å². The van der Waals surface area contributed by atoms with Crippen LogP contribution in [0.25, 0.3) is 0 Å². The second kappa shape index (κ2) is 4.09. The first-order valence-corrected chi connectivity index (χ1v) is 5.34. The molecule has 14 heavy (non-hydrogen) atoms. The maximum Gasteiger partial charge on any atom is 0.229 e. The van der Waals surface area contributed by atoms with Crippen LogP contribution in [0, 0.1) is 0 Å². The fraction of sp³-hybridized carbons (Fsp3) is 0.800. The van der Waals surface area contributed by atoms with Crippen molar-refractivity contribution in [2.45, 2.75) is 38.1 Å². The zero-order chi connectivity index (χ0) is 9.97. The molecule has 0 unspecified atom stereocenters. The first kappa shape index (κ1) is 9.65. The maximum absolute atomic E-state index is 11.6. The minimum Gasteiger partial charge on any atom is -0.317 e. The van der Waals surface area contributed by atoms with Crippen molar-refractivity contribution in [3.05, 3.63) is 0 Å². The molecule has 0 bridgehead atoms. The average molecular weight is 196 g/mol.